The molecule has 0 spiro atoms. The zero-order valence-corrected chi connectivity index (χ0v) is 24.6. The quantitative estimate of drug-likeness (QED) is 0.446. The van der Waals surface area contributed by atoms with Crippen LogP contribution in [0.25, 0.3) is 10.9 Å². The lowest BCUT2D eigenvalue weighted by Gasteiger charge is -2.41. The molecule has 41 heavy (non-hydrogen) atoms. The van der Waals surface area contributed by atoms with Gasteiger partial charge in [-0.1, -0.05) is 50.6 Å². The summed E-state index contributed by atoms with van der Waals surface area (Å²) >= 11 is 6.58. The molecule has 4 heterocycles. The van der Waals surface area contributed by atoms with E-state index in [4.69, 9.17) is 11.6 Å². The summed E-state index contributed by atoms with van der Waals surface area (Å²) in [5.41, 5.74) is 4.70. The van der Waals surface area contributed by atoms with Gasteiger partial charge in [-0.3, -0.25) is 14.7 Å². The van der Waals surface area contributed by atoms with Crippen molar-refractivity contribution in [3.05, 3.63) is 58.2 Å². The number of fused-ring (bicyclic) bond motifs is 4. The number of piperidine rings is 1. The van der Waals surface area contributed by atoms with Gasteiger partial charge in [-0.2, -0.15) is 5.10 Å². The Bertz CT molecular complexity index is 1500. The minimum absolute atomic E-state index is 0.00936. The molecule has 3 aliphatic rings. The minimum atomic E-state index is -0.464. The molecule has 1 fully saturated rings. The number of aromatic amines is 1. The monoisotopic (exact) mass is 576 g/mol. The van der Waals surface area contributed by atoms with E-state index in [-0.39, 0.29) is 35.7 Å². The predicted octanol–water partition coefficient (Wildman–Crippen LogP) is 5.19. The van der Waals surface area contributed by atoms with Gasteiger partial charge in [-0.15, -0.1) is 0 Å². The number of urea groups is 1. The van der Waals surface area contributed by atoms with Crippen molar-refractivity contribution >= 4 is 46.0 Å². The van der Waals surface area contributed by atoms with Gasteiger partial charge in [0.2, 0.25) is 11.8 Å². The van der Waals surface area contributed by atoms with Crippen LogP contribution in [0.1, 0.15) is 56.7 Å². The first-order chi connectivity index (χ1) is 19.6. The van der Waals surface area contributed by atoms with Gasteiger partial charge in [0.15, 0.2) is 0 Å². The van der Waals surface area contributed by atoms with Gasteiger partial charge in [0.25, 0.3) is 0 Å². The van der Waals surface area contributed by atoms with Gasteiger partial charge < -0.3 is 20.0 Å². The molecule has 10 heteroatoms. The van der Waals surface area contributed by atoms with Crippen molar-refractivity contribution in [3.8, 4) is 0 Å². The zero-order chi connectivity index (χ0) is 28.9. The van der Waals surface area contributed by atoms with Crippen LogP contribution in [0.3, 0.4) is 0 Å². The van der Waals surface area contributed by atoms with Gasteiger partial charge in [0.1, 0.15) is 0 Å². The first-order valence-corrected chi connectivity index (χ1v) is 14.8. The molecule has 0 bridgehead atoms. The van der Waals surface area contributed by atoms with Crippen molar-refractivity contribution in [1.29, 1.82) is 0 Å². The molecule has 4 amide bonds. The highest BCUT2D eigenvalue weighted by molar-refractivity contribution is 6.35. The number of benzene rings is 2. The Morgan fingerprint density at radius 2 is 1.85 bits per heavy atom. The van der Waals surface area contributed by atoms with Crippen LogP contribution >= 0.6 is 11.6 Å². The molecule has 6 rings (SSSR count). The first kappa shape index (κ1) is 27.6. The van der Waals surface area contributed by atoms with E-state index in [0.717, 1.165) is 33.3 Å². The standard InChI is InChI=1S/C31H37ClN6O3/c1-31(2,3)18-37-17-24-20(13-25(32)28-23(24)15-33-35-28)12-21(29(37)40)14-27(39)36-10-8-22(9-11-36)38-16-19-6-4-5-7-26(19)34-30(38)41/h4-7,13,15,21-22H,8-12,14,16-18H2,1-3H3,(H,33,35)(H,34,41)/t21-/m1/s1. The molecular formula is C31H37ClN6O3. The predicted molar refractivity (Wildman–Crippen MR) is 158 cm³/mol. The maximum atomic E-state index is 13.9. The van der Waals surface area contributed by atoms with Crippen LogP contribution < -0.4 is 5.32 Å². The minimum Gasteiger partial charge on any atom is -0.343 e. The molecular weight excluding hydrogens is 540 g/mol. The smallest absolute Gasteiger partial charge is 0.322 e. The molecule has 2 aromatic carbocycles. The number of para-hydroxylation sites is 1. The Hall–Kier alpha value is -3.59. The van der Waals surface area contributed by atoms with Gasteiger partial charge >= 0.3 is 6.03 Å². The van der Waals surface area contributed by atoms with Crippen molar-refractivity contribution in [2.45, 2.75) is 65.6 Å². The Balaban J connectivity index is 1.16. The second-order valence-electron chi connectivity index (χ2n) is 12.8. The summed E-state index contributed by atoms with van der Waals surface area (Å²) in [6.45, 7) is 9.12. The fourth-order valence-corrected chi connectivity index (χ4v) is 6.86. The number of nitrogens with zero attached hydrogens (tertiary/aromatic N) is 4. The lowest BCUT2D eigenvalue weighted by Crippen LogP contribution is -2.51. The van der Waals surface area contributed by atoms with Crippen LogP contribution in [0.15, 0.2) is 36.5 Å². The summed E-state index contributed by atoms with van der Waals surface area (Å²) in [5, 5.41) is 11.7. The number of hydrogen-bond donors (Lipinski definition) is 2. The van der Waals surface area contributed by atoms with E-state index in [9.17, 15) is 14.4 Å². The number of nitrogens with one attached hydrogen (secondary N) is 2. The second-order valence-corrected chi connectivity index (χ2v) is 13.2. The van der Waals surface area contributed by atoms with Crippen molar-refractivity contribution in [2.24, 2.45) is 11.3 Å². The van der Waals surface area contributed by atoms with Crippen LogP contribution in [0.2, 0.25) is 5.02 Å². The van der Waals surface area contributed by atoms with E-state index in [2.05, 4.69) is 36.3 Å². The number of hydrogen-bond acceptors (Lipinski definition) is 4. The third kappa shape index (κ3) is 5.52. The van der Waals surface area contributed by atoms with Gasteiger partial charge in [0, 0.05) is 56.3 Å². The van der Waals surface area contributed by atoms with Crippen molar-refractivity contribution in [3.63, 3.8) is 0 Å². The molecule has 0 aliphatic carbocycles. The van der Waals surface area contributed by atoms with Crippen molar-refractivity contribution in [2.75, 3.05) is 25.0 Å². The highest BCUT2D eigenvalue weighted by atomic mass is 35.5. The van der Waals surface area contributed by atoms with E-state index in [1.807, 2.05) is 45.0 Å². The molecule has 9 nitrogen and oxygen atoms in total. The van der Waals surface area contributed by atoms with E-state index in [1.165, 1.54) is 0 Å². The Kier molecular flexibility index (Phi) is 7.18. The number of carbonyl (C=O) groups is 3. The average molecular weight is 577 g/mol. The van der Waals surface area contributed by atoms with Gasteiger partial charge in [-0.25, -0.2) is 4.79 Å². The van der Waals surface area contributed by atoms with Gasteiger partial charge in [0.05, 0.1) is 22.7 Å². The van der Waals surface area contributed by atoms with Crippen LogP contribution in [-0.4, -0.2) is 68.4 Å². The molecule has 3 aromatic rings. The lowest BCUT2D eigenvalue weighted by atomic mass is 9.91. The number of carbonyl (C=O) groups excluding carboxylic acids is 3. The highest BCUT2D eigenvalue weighted by Crippen LogP contribution is 2.35. The Morgan fingerprint density at radius 1 is 1.10 bits per heavy atom. The van der Waals surface area contributed by atoms with Crippen molar-refractivity contribution in [1.82, 2.24) is 24.9 Å². The summed E-state index contributed by atoms with van der Waals surface area (Å²) in [6, 6.07) is 9.78. The number of amides is 4. The van der Waals surface area contributed by atoms with Crippen LogP contribution in [0.5, 0.6) is 0 Å². The summed E-state index contributed by atoms with van der Waals surface area (Å²) in [6.07, 6.45) is 3.82. The normalized spacial score (nSPS) is 20.1. The molecule has 0 radical (unpaired) electrons. The van der Waals surface area contributed by atoms with Crippen LogP contribution in [-0.2, 0) is 29.1 Å². The Labute approximate surface area is 245 Å². The second kappa shape index (κ2) is 10.7. The fourth-order valence-electron chi connectivity index (χ4n) is 6.58. The SMILES string of the molecule is CC(C)(C)CN1Cc2c(cc(Cl)c3[nH]ncc23)C[C@H](CC(=O)N2CCC(N3Cc4ccccc4NC3=O)CC2)C1=O. The maximum absolute atomic E-state index is 13.9. The number of H-pyrrole nitrogens is 1. The summed E-state index contributed by atoms with van der Waals surface area (Å²) in [7, 11) is 0. The van der Waals surface area contributed by atoms with E-state index < -0.39 is 5.92 Å². The molecule has 0 unspecified atom stereocenters. The third-order valence-electron chi connectivity index (χ3n) is 8.57. The fraction of sp³-hybridized carbons (Fsp3) is 0.484. The number of likely N-dealkylation sites (tertiary alicyclic amines) is 1. The molecule has 2 N–H and O–H groups in total. The number of rotatable bonds is 4. The van der Waals surface area contributed by atoms with E-state index in [1.54, 1.807) is 6.20 Å². The summed E-state index contributed by atoms with van der Waals surface area (Å²) in [5.74, 6) is -0.464. The number of aromatic nitrogens is 2. The average Bonchev–Trinajstić information content (AvgIpc) is 3.39. The summed E-state index contributed by atoms with van der Waals surface area (Å²) < 4.78 is 0. The van der Waals surface area contributed by atoms with Crippen molar-refractivity contribution < 1.29 is 14.4 Å². The maximum Gasteiger partial charge on any atom is 0.322 e. The topological polar surface area (TPSA) is 102 Å². The van der Waals surface area contributed by atoms with E-state index >= 15 is 0 Å². The molecule has 1 aromatic heterocycles. The largest absolute Gasteiger partial charge is 0.343 e. The van der Waals surface area contributed by atoms with E-state index in [0.29, 0.717) is 57.0 Å². The third-order valence-corrected chi connectivity index (χ3v) is 8.87. The lowest BCUT2D eigenvalue weighted by molar-refractivity contribution is -0.142. The van der Waals surface area contributed by atoms with Gasteiger partial charge in [-0.05, 0) is 53.5 Å². The first-order valence-electron chi connectivity index (χ1n) is 14.4. The molecule has 1 atom stereocenters. The number of halogens is 1. The zero-order valence-electron chi connectivity index (χ0n) is 23.9. The molecule has 3 aliphatic heterocycles. The molecule has 0 saturated carbocycles. The van der Waals surface area contributed by atoms with Crippen LogP contribution in [0.4, 0.5) is 10.5 Å². The van der Waals surface area contributed by atoms with Crippen LogP contribution in [0, 0.1) is 11.3 Å². The highest BCUT2D eigenvalue weighted by Gasteiger charge is 2.37. The molecule has 216 valence electrons. The molecule has 1 saturated heterocycles. The number of anilines is 1. The summed E-state index contributed by atoms with van der Waals surface area (Å²) in [4.78, 5) is 46.0. The Morgan fingerprint density at radius 3 is 2.61 bits per heavy atom.